The number of ether oxygens (including phenoxy) is 2. The second-order valence-corrected chi connectivity index (χ2v) is 7.04. The van der Waals surface area contributed by atoms with E-state index < -0.39 is 29.2 Å². The summed E-state index contributed by atoms with van der Waals surface area (Å²) in [4.78, 5) is 16.3. The Morgan fingerprint density at radius 2 is 1.67 bits per heavy atom. The molecule has 0 atom stereocenters. The lowest BCUT2D eigenvalue weighted by molar-refractivity contribution is -0.138. The van der Waals surface area contributed by atoms with E-state index in [0.29, 0.717) is 23.7 Å². The molecule has 7 nitrogen and oxygen atoms in total. The van der Waals surface area contributed by atoms with Crippen LogP contribution >= 0.6 is 11.6 Å². The van der Waals surface area contributed by atoms with Gasteiger partial charge in [-0.25, -0.2) is 4.79 Å². The Balaban J connectivity index is 1.72. The average Bonchev–Trinajstić information content (AvgIpc) is 2.77. The van der Waals surface area contributed by atoms with Crippen LogP contribution in [0.4, 0.5) is 29.3 Å². The van der Waals surface area contributed by atoms with Gasteiger partial charge in [-0.15, -0.1) is 0 Å². The van der Waals surface area contributed by atoms with Crippen molar-refractivity contribution in [3.05, 3.63) is 71.5 Å². The van der Waals surface area contributed by atoms with Gasteiger partial charge in [0.1, 0.15) is 23.7 Å². The molecular formula is C22H20ClF3N4O3. The number of nitrogens with one attached hydrogen (secondary N) is 3. The van der Waals surface area contributed by atoms with E-state index in [9.17, 15) is 18.0 Å². The van der Waals surface area contributed by atoms with Gasteiger partial charge in [0.15, 0.2) is 5.75 Å². The number of likely N-dealkylation sites (N-methyl/N-ethyl adjacent to an activating group) is 1. The molecule has 1 aromatic heterocycles. The van der Waals surface area contributed by atoms with E-state index in [-0.39, 0.29) is 11.6 Å². The van der Waals surface area contributed by atoms with Crippen molar-refractivity contribution in [3.63, 3.8) is 0 Å². The van der Waals surface area contributed by atoms with Gasteiger partial charge in [0, 0.05) is 24.6 Å². The molecule has 3 aromatic rings. The molecule has 0 fully saturated rings. The Morgan fingerprint density at radius 3 is 2.30 bits per heavy atom. The third-order valence-corrected chi connectivity index (χ3v) is 4.54. The summed E-state index contributed by atoms with van der Waals surface area (Å²) in [5, 5.41) is 7.25. The molecule has 0 saturated carbocycles. The van der Waals surface area contributed by atoms with Crippen molar-refractivity contribution in [1.29, 1.82) is 0 Å². The Kier molecular flexibility index (Phi) is 7.96. The van der Waals surface area contributed by atoms with Gasteiger partial charge in [-0.3, -0.25) is 4.98 Å². The van der Waals surface area contributed by atoms with Crippen LogP contribution in [-0.4, -0.2) is 31.2 Å². The maximum absolute atomic E-state index is 13.8. The molecule has 3 N–H and O–H groups in total. The number of benzene rings is 2. The molecule has 174 valence electrons. The first-order valence-electron chi connectivity index (χ1n) is 9.71. The first kappa shape index (κ1) is 24.1. The molecular weight excluding hydrogens is 461 g/mol. The van der Waals surface area contributed by atoms with Crippen LogP contribution in [0.2, 0.25) is 5.02 Å². The van der Waals surface area contributed by atoms with Gasteiger partial charge >= 0.3 is 12.2 Å². The summed E-state index contributed by atoms with van der Waals surface area (Å²) in [6.45, 7) is 0.273. The normalized spacial score (nSPS) is 11.1. The minimum absolute atomic E-state index is 0.0388. The number of alkyl halides is 3. The molecule has 0 unspecified atom stereocenters. The van der Waals surface area contributed by atoms with E-state index in [2.05, 4.69) is 20.9 Å². The van der Waals surface area contributed by atoms with Crippen LogP contribution in [0, 0.1) is 0 Å². The van der Waals surface area contributed by atoms with E-state index in [4.69, 9.17) is 21.1 Å². The standard InChI is InChI=1S/C22H20ClF3N4O3/c1-27-12-13-32-20-17(23)6-7-18(19(20)22(24,25)26)30-21(31)29-14-2-4-15(5-3-14)33-16-8-10-28-11-9-16/h2-11,27H,12-13H2,1H3,(H2,29,30,31). The number of carbonyl (C=O) groups excluding carboxylic acids is 1. The molecule has 0 aliphatic carbocycles. The lowest BCUT2D eigenvalue weighted by atomic mass is 10.1. The number of halogens is 4. The van der Waals surface area contributed by atoms with Crippen LogP contribution in [0.3, 0.4) is 0 Å². The highest BCUT2D eigenvalue weighted by molar-refractivity contribution is 6.32. The summed E-state index contributed by atoms with van der Waals surface area (Å²) >= 11 is 5.94. The molecule has 0 bridgehead atoms. The number of urea groups is 1. The van der Waals surface area contributed by atoms with Crippen molar-refractivity contribution in [1.82, 2.24) is 10.3 Å². The highest BCUT2D eigenvalue weighted by Gasteiger charge is 2.39. The van der Waals surface area contributed by atoms with Crippen LogP contribution in [0.15, 0.2) is 60.9 Å². The van der Waals surface area contributed by atoms with E-state index in [1.807, 2.05) is 0 Å². The molecule has 11 heteroatoms. The number of nitrogens with zero attached hydrogens (tertiary/aromatic N) is 1. The Hall–Kier alpha value is -3.50. The van der Waals surface area contributed by atoms with Crippen molar-refractivity contribution in [2.24, 2.45) is 0 Å². The molecule has 0 spiro atoms. The van der Waals surface area contributed by atoms with Crippen LogP contribution in [0.1, 0.15) is 5.56 Å². The van der Waals surface area contributed by atoms with E-state index in [1.165, 1.54) is 6.07 Å². The number of hydrogen-bond acceptors (Lipinski definition) is 5. The lowest BCUT2D eigenvalue weighted by Gasteiger charge is -2.19. The number of hydrogen-bond donors (Lipinski definition) is 3. The SMILES string of the molecule is CNCCOc1c(Cl)ccc(NC(=O)Nc2ccc(Oc3ccncc3)cc2)c1C(F)(F)F. The van der Waals surface area contributed by atoms with Gasteiger partial charge < -0.3 is 25.4 Å². The molecule has 0 aliphatic heterocycles. The second-order valence-electron chi connectivity index (χ2n) is 6.64. The number of carbonyl (C=O) groups is 1. The fraction of sp³-hybridized carbons (Fsp3) is 0.182. The van der Waals surface area contributed by atoms with E-state index >= 15 is 0 Å². The van der Waals surface area contributed by atoms with Gasteiger partial charge in [-0.1, -0.05) is 11.6 Å². The topological polar surface area (TPSA) is 84.5 Å². The van der Waals surface area contributed by atoms with Gasteiger partial charge in [0.2, 0.25) is 0 Å². The van der Waals surface area contributed by atoms with Crippen molar-refractivity contribution in [2.45, 2.75) is 6.18 Å². The summed E-state index contributed by atoms with van der Waals surface area (Å²) in [6, 6.07) is 11.1. The number of pyridine rings is 1. The smallest absolute Gasteiger partial charge is 0.422 e. The fourth-order valence-electron chi connectivity index (χ4n) is 2.77. The third-order valence-electron chi connectivity index (χ3n) is 4.24. The molecule has 33 heavy (non-hydrogen) atoms. The van der Waals surface area contributed by atoms with Crippen molar-refractivity contribution in [2.75, 3.05) is 30.8 Å². The lowest BCUT2D eigenvalue weighted by Crippen LogP contribution is -2.23. The molecule has 0 aliphatic rings. The second kappa shape index (κ2) is 10.9. The first-order chi connectivity index (χ1) is 15.8. The maximum atomic E-state index is 13.8. The highest BCUT2D eigenvalue weighted by atomic mass is 35.5. The molecule has 1 heterocycles. The summed E-state index contributed by atoms with van der Waals surface area (Å²) in [5.41, 5.74) is -1.30. The fourth-order valence-corrected chi connectivity index (χ4v) is 2.98. The van der Waals surface area contributed by atoms with Gasteiger partial charge in [0.25, 0.3) is 0 Å². The number of amides is 2. The van der Waals surface area contributed by atoms with E-state index in [1.54, 1.807) is 55.8 Å². The summed E-state index contributed by atoms with van der Waals surface area (Å²) < 4.78 is 52.1. The minimum Gasteiger partial charge on any atom is -0.490 e. The molecule has 2 aromatic carbocycles. The zero-order valence-electron chi connectivity index (χ0n) is 17.4. The van der Waals surface area contributed by atoms with Crippen LogP contribution < -0.4 is 25.4 Å². The van der Waals surface area contributed by atoms with Crippen LogP contribution in [0.5, 0.6) is 17.2 Å². The van der Waals surface area contributed by atoms with E-state index in [0.717, 1.165) is 6.07 Å². The summed E-state index contributed by atoms with van der Waals surface area (Å²) in [7, 11) is 1.63. The first-order valence-corrected chi connectivity index (χ1v) is 10.1. The zero-order chi connectivity index (χ0) is 23.8. The summed E-state index contributed by atoms with van der Waals surface area (Å²) in [6.07, 6.45) is -1.65. The highest BCUT2D eigenvalue weighted by Crippen LogP contribution is 2.45. The molecule has 2 amide bonds. The van der Waals surface area contributed by atoms with Gasteiger partial charge in [-0.2, -0.15) is 13.2 Å². The van der Waals surface area contributed by atoms with Gasteiger partial charge in [0.05, 0.1) is 10.7 Å². The summed E-state index contributed by atoms with van der Waals surface area (Å²) in [5.74, 6) is 0.543. The van der Waals surface area contributed by atoms with Crippen LogP contribution in [-0.2, 0) is 6.18 Å². The molecule has 0 saturated heterocycles. The molecule has 3 rings (SSSR count). The average molecular weight is 481 g/mol. The van der Waals surface area contributed by atoms with Crippen LogP contribution in [0.25, 0.3) is 0 Å². The Morgan fingerprint density at radius 1 is 1.00 bits per heavy atom. The van der Waals surface area contributed by atoms with Gasteiger partial charge in [-0.05, 0) is 55.6 Å². The van der Waals surface area contributed by atoms with Crippen molar-refractivity contribution >= 4 is 29.0 Å². The Bertz CT molecular complexity index is 1080. The zero-order valence-corrected chi connectivity index (χ0v) is 18.1. The van der Waals surface area contributed by atoms with Crippen molar-refractivity contribution in [3.8, 4) is 17.2 Å². The third kappa shape index (κ3) is 6.74. The minimum atomic E-state index is -4.81. The number of aromatic nitrogens is 1. The quantitative estimate of drug-likeness (QED) is 0.355. The number of rotatable bonds is 8. The number of anilines is 2. The predicted octanol–water partition coefficient (Wildman–Crippen LogP) is 5.79. The maximum Gasteiger partial charge on any atom is 0.422 e. The largest absolute Gasteiger partial charge is 0.490 e. The monoisotopic (exact) mass is 480 g/mol. The predicted molar refractivity (Wildman–Crippen MR) is 119 cm³/mol. The van der Waals surface area contributed by atoms with Crippen molar-refractivity contribution < 1.29 is 27.4 Å². The Labute approximate surface area is 192 Å². The molecule has 0 radical (unpaired) electrons.